The molecule has 2 fully saturated rings. The van der Waals surface area contributed by atoms with Gasteiger partial charge in [-0.05, 0) is 135 Å². The second kappa shape index (κ2) is 62.8. The summed E-state index contributed by atoms with van der Waals surface area (Å²) < 4.78 is 0. The van der Waals surface area contributed by atoms with Gasteiger partial charge < -0.3 is 170 Å². The van der Waals surface area contributed by atoms with Gasteiger partial charge in [0.25, 0.3) is 0 Å². The van der Waals surface area contributed by atoms with E-state index >= 15 is 0 Å². The summed E-state index contributed by atoms with van der Waals surface area (Å²) in [5.41, 5.74) is 28.2. The van der Waals surface area contributed by atoms with Crippen molar-refractivity contribution in [3.63, 3.8) is 0 Å². The van der Waals surface area contributed by atoms with Gasteiger partial charge in [-0.3, -0.25) is 107 Å². The predicted octanol–water partition coefficient (Wildman–Crippen LogP) is -12.4. The van der Waals surface area contributed by atoms with Crippen LogP contribution in [0.1, 0.15) is 177 Å². The average Bonchev–Trinajstić information content (AvgIpc) is 1.67. The number of nitrogens with one attached hydrogen (secondary N) is 21. The molecule has 0 spiro atoms. The third-order valence-electron chi connectivity index (χ3n) is 22.9. The first-order valence-electron chi connectivity index (χ1n) is 46.7. The average molecular weight is 2040 g/mol. The maximum absolute atomic E-state index is 14.6. The number of primary amides is 1. The lowest BCUT2D eigenvalue weighted by atomic mass is 9.96. The standard InChI is InChI=1S/C85H145N29O27S/c1-10-42(6)64(112-70(127)48(17-11-12-24-86)101-78(135)60-20-16-28-114(60)82(139)55(30-41(4)5)107-66(123)44(8)97-65(122)43(7)98-68(125)47(87)38-142)80(137)106-54(32-62(88)119)73(130)100-49(18-13-25-94-84(89)90)69(126)109-56(34-115)74(131)99-45(9)67(124)108-57(35-116)77(134)110-58(36-117)75(132)102-50(22-23-63(120)121)81(138)113-27-15-21-61(113)79(136)111-59(37-118)76(133)104-52(29-40(2)3)71(128)105-53(31-46-33-93-39-96-46)72(129)103-51(83(140)141)19-14-26-95-85(91)92/h33,39-45,47-61,64,115-118,142H,10-32,34-38,86-87H2,1-9H3,(H2,88,119)(H,93,96)(H,97,122)(H,98,125)(H,99,131)(H,100,130)(H,101,135)(H,102,132)(H,103,129)(H,104,133)(H,105,128)(H,106,137)(H,107,123)(H,108,124)(H,109,126)(H,110,134)(H,111,136)(H,112,127)(H,120,121)(H,140,141)(H4,89,90,94)(H4,91,92,95)/t42-,43-,44-,45-,47-,48-,49-,50-,51-,52-,53-,54-,55-,56-,57-,58-,59-,60-,61-,64-/m0/s1. The van der Waals surface area contributed by atoms with Gasteiger partial charge in [-0.25, -0.2) is 9.78 Å². The fourth-order valence-electron chi connectivity index (χ4n) is 14.8. The molecule has 0 unspecified atom stereocenters. The van der Waals surface area contributed by atoms with Gasteiger partial charge in [-0.2, -0.15) is 12.6 Å². The Kier molecular flexibility index (Phi) is 54.4. The minimum Gasteiger partial charge on any atom is -0.481 e. The van der Waals surface area contributed by atoms with Crippen molar-refractivity contribution in [1.82, 2.24) is 115 Å². The number of carbonyl (C=O) groups is 21. The van der Waals surface area contributed by atoms with Gasteiger partial charge in [-0.1, -0.05) is 48.0 Å². The molecule has 56 nitrogen and oxygen atoms in total. The number of aliphatic carboxylic acids is 2. The Balaban J connectivity index is 1.79. The number of hydrogen-bond acceptors (Lipinski definition) is 31. The number of carboxylic acid groups (broad SMARTS) is 2. The number of guanidine groups is 2. The largest absolute Gasteiger partial charge is 0.481 e. The van der Waals surface area contributed by atoms with Crippen LogP contribution in [0.4, 0.5) is 0 Å². The van der Waals surface area contributed by atoms with Gasteiger partial charge in [0.2, 0.25) is 112 Å². The molecule has 19 amide bonds. The fraction of sp³-hybridized carbons (Fsp3) is 0.694. The van der Waals surface area contributed by atoms with E-state index in [1.807, 2.05) is 0 Å². The van der Waals surface area contributed by atoms with Crippen molar-refractivity contribution in [1.29, 1.82) is 10.8 Å². The molecule has 57 heteroatoms. The number of hydrogen-bond donors (Lipinski definition) is 33. The molecule has 37 N–H and O–H groups in total. The van der Waals surface area contributed by atoms with Crippen LogP contribution < -0.4 is 124 Å². The molecule has 20 atom stereocenters. The first-order chi connectivity index (χ1) is 66.9. The van der Waals surface area contributed by atoms with Crippen molar-refractivity contribution in [2.45, 2.75) is 293 Å². The van der Waals surface area contributed by atoms with Crippen molar-refractivity contribution in [3.05, 3.63) is 18.2 Å². The van der Waals surface area contributed by atoms with Gasteiger partial charge in [0.1, 0.15) is 109 Å². The number of carbonyl (C=O) groups excluding carboxylic acids is 19. The number of nitrogens with two attached hydrogens (primary N) is 5. The number of amides is 19. The second-order valence-electron chi connectivity index (χ2n) is 35.4. The lowest BCUT2D eigenvalue weighted by Crippen LogP contribution is -2.62. The van der Waals surface area contributed by atoms with E-state index < -0.39 is 297 Å². The molecule has 0 aromatic carbocycles. The van der Waals surface area contributed by atoms with E-state index in [-0.39, 0.29) is 140 Å². The monoisotopic (exact) mass is 2040 g/mol. The summed E-state index contributed by atoms with van der Waals surface area (Å²) in [5, 5.41) is 120. The number of unbranched alkanes of at least 4 members (excludes halogenated alkanes) is 1. The minimum atomic E-state index is -2.06. The molecule has 0 saturated carbocycles. The van der Waals surface area contributed by atoms with Crippen molar-refractivity contribution in [3.8, 4) is 0 Å². The van der Waals surface area contributed by atoms with Gasteiger partial charge >= 0.3 is 11.9 Å². The number of aliphatic hydroxyl groups excluding tert-OH is 4. The Morgan fingerprint density at radius 1 is 0.444 bits per heavy atom. The molecule has 3 rings (SSSR count). The zero-order valence-electron chi connectivity index (χ0n) is 81.1. The van der Waals surface area contributed by atoms with Crippen LogP contribution in [0.25, 0.3) is 0 Å². The van der Waals surface area contributed by atoms with Crippen LogP contribution in [0.5, 0.6) is 0 Å². The Hall–Kier alpha value is -13.3. The molecule has 0 radical (unpaired) electrons. The van der Waals surface area contributed by atoms with Crippen molar-refractivity contribution in [2.75, 3.05) is 64.9 Å². The maximum Gasteiger partial charge on any atom is 0.326 e. The molecule has 0 bridgehead atoms. The smallest absolute Gasteiger partial charge is 0.326 e. The maximum atomic E-state index is 14.6. The Morgan fingerprint density at radius 3 is 1.27 bits per heavy atom. The quantitative estimate of drug-likeness (QED) is 0.0125. The van der Waals surface area contributed by atoms with Crippen LogP contribution in [0.3, 0.4) is 0 Å². The Morgan fingerprint density at radius 2 is 0.810 bits per heavy atom. The number of aliphatic hydroxyl groups is 4. The first-order valence-corrected chi connectivity index (χ1v) is 47.4. The lowest BCUT2D eigenvalue weighted by molar-refractivity contribution is -0.144. The highest BCUT2D eigenvalue weighted by atomic mass is 32.1. The van der Waals surface area contributed by atoms with Gasteiger partial charge in [-0.15, -0.1) is 0 Å². The summed E-state index contributed by atoms with van der Waals surface area (Å²) in [5.74, 6) is -24.9. The summed E-state index contributed by atoms with van der Waals surface area (Å²) in [7, 11) is 0. The predicted molar refractivity (Wildman–Crippen MR) is 508 cm³/mol. The van der Waals surface area contributed by atoms with Crippen molar-refractivity contribution in [2.24, 2.45) is 46.4 Å². The number of imidazole rings is 1. The number of nitrogens with zero attached hydrogens (tertiary/aromatic N) is 3. The molecule has 798 valence electrons. The minimum absolute atomic E-state index is 0.00640. The summed E-state index contributed by atoms with van der Waals surface area (Å²) in [6.45, 7) is 9.02. The molecule has 2 aliphatic heterocycles. The third kappa shape index (κ3) is 42.3. The zero-order chi connectivity index (χ0) is 107. The highest BCUT2D eigenvalue weighted by molar-refractivity contribution is 7.80. The van der Waals surface area contributed by atoms with Crippen LogP contribution in [0, 0.1) is 28.6 Å². The number of aromatic nitrogens is 2. The molecule has 142 heavy (non-hydrogen) atoms. The van der Waals surface area contributed by atoms with E-state index in [0.29, 0.717) is 18.5 Å². The Bertz CT molecular complexity index is 4480. The first kappa shape index (κ1) is 123. The van der Waals surface area contributed by atoms with E-state index in [1.54, 1.807) is 41.5 Å². The molecular formula is C85H145N29O27S. The SMILES string of the molecule is CC[C@H](C)[C@H](NC(=O)[C@H](CCCCN)NC(=O)[C@@H]1CCCN1C(=O)[C@H](CC(C)C)NC(=O)[C@H](C)NC(=O)[C@H](C)NC(=O)[C@@H](N)CS)C(=O)N[C@@H](CC(N)=O)C(=O)N[C@@H](CCCNC(=N)N)C(=O)N[C@@H](CO)C(=O)N[C@@H](C)C(=O)N[C@@H](CO)C(=O)N[C@@H](CO)C(=O)N[C@@H](CCC(=O)O)C(=O)N1CCC[C@H]1C(=O)N[C@@H](CO)C(=O)N[C@@H](CC(C)C)C(=O)N[C@@H](Cc1cnc[nH]1)C(=O)N[C@@H](CCCNC(=N)N)C(=O)O. The number of aromatic amines is 1. The van der Waals surface area contributed by atoms with Crippen molar-refractivity contribution >= 4 is 149 Å². The molecule has 2 aliphatic rings. The molecule has 0 aliphatic carbocycles. The van der Waals surface area contributed by atoms with Crippen LogP contribution in [0.15, 0.2) is 12.5 Å². The van der Waals surface area contributed by atoms with Gasteiger partial charge in [0, 0.05) is 56.7 Å². The molecule has 1 aromatic heterocycles. The highest BCUT2D eigenvalue weighted by Crippen LogP contribution is 2.24. The lowest BCUT2D eigenvalue weighted by Gasteiger charge is -2.32. The summed E-state index contributed by atoms with van der Waals surface area (Å²) in [6.07, 6.45) is 0.589. The number of likely N-dealkylation sites (tertiary alicyclic amines) is 2. The topological polar surface area (TPSA) is 909 Å². The molecular weight excluding hydrogens is 1890 g/mol. The number of carboxylic acids is 2. The summed E-state index contributed by atoms with van der Waals surface area (Å²) >= 11 is 3.99. The third-order valence-corrected chi connectivity index (χ3v) is 23.3. The van der Waals surface area contributed by atoms with Gasteiger partial charge in [0.05, 0.1) is 45.2 Å². The van der Waals surface area contributed by atoms with E-state index in [0.717, 1.165) is 11.8 Å². The summed E-state index contributed by atoms with van der Waals surface area (Å²) in [4.78, 5) is 297. The van der Waals surface area contributed by atoms with Gasteiger partial charge in [0.15, 0.2) is 11.9 Å². The van der Waals surface area contributed by atoms with Crippen LogP contribution >= 0.6 is 12.6 Å². The van der Waals surface area contributed by atoms with E-state index in [2.05, 4.69) is 118 Å². The van der Waals surface area contributed by atoms with E-state index in [4.69, 9.17) is 39.5 Å². The van der Waals surface area contributed by atoms with Crippen LogP contribution in [-0.2, 0) is 107 Å². The number of H-pyrrole nitrogens is 1. The summed E-state index contributed by atoms with van der Waals surface area (Å²) in [6, 6.07) is -29.8. The van der Waals surface area contributed by atoms with Crippen molar-refractivity contribution < 1.29 is 131 Å². The zero-order valence-corrected chi connectivity index (χ0v) is 82.0. The fourth-order valence-corrected chi connectivity index (χ4v) is 15.0. The van der Waals surface area contributed by atoms with E-state index in [1.165, 1.54) is 31.3 Å². The normalized spacial score (nSPS) is 17.1. The van der Waals surface area contributed by atoms with Crippen LogP contribution in [-0.4, -0.2) is 366 Å². The highest BCUT2D eigenvalue weighted by Gasteiger charge is 2.45. The second-order valence-corrected chi connectivity index (χ2v) is 35.8. The van der Waals surface area contributed by atoms with E-state index in [9.17, 15) is 131 Å². The van der Waals surface area contributed by atoms with Crippen LogP contribution in [0.2, 0.25) is 0 Å². The Labute approximate surface area is 825 Å². The molecule has 3 heterocycles. The number of thiol groups is 1. The molecule has 2 saturated heterocycles. The number of rotatable bonds is 65. The molecule has 1 aromatic rings.